The summed E-state index contributed by atoms with van der Waals surface area (Å²) in [6.07, 6.45) is -4.63. The number of anilines is 1. The quantitative estimate of drug-likeness (QED) is 0.757. The maximum atomic E-state index is 11.9. The fourth-order valence-corrected chi connectivity index (χ4v) is 1.03. The van der Waals surface area contributed by atoms with Crippen LogP contribution >= 0.6 is 0 Å². The minimum absolute atomic E-state index is 0.0580. The van der Waals surface area contributed by atoms with E-state index in [0.717, 1.165) is 6.07 Å². The van der Waals surface area contributed by atoms with Crippen molar-refractivity contribution in [2.75, 3.05) is 5.73 Å². The lowest BCUT2D eigenvalue weighted by Crippen LogP contribution is -2.20. The van der Waals surface area contributed by atoms with Crippen LogP contribution in [0.4, 0.5) is 18.9 Å². The third kappa shape index (κ3) is 2.83. The number of hydrogen-bond acceptors (Lipinski definition) is 5. The zero-order valence-corrected chi connectivity index (χ0v) is 7.91. The highest BCUT2D eigenvalue weighted by molar-refractivity contribution is 5.76. The average molecular weight is 235 g/mol. The second-order valence-electron chi connectivity index (χ2n) is 2.80. The Labute approximate surface area is 88.2 Å². The van der Waals surface area contributed by atoms with Gasteiger partial charge in [-0.1, -0.05) is 0 Å². The van der Waals surface area contributed by atoms with E-state index in [1.165, 1.54) is 0 Å². The van der Waals surface area contributed by atoms with E-state index in [1.54, 1.807) is 0 Å². The van der Waals surface area contributed by atoms with Gasteiger partial charge in [0.1, 0.15) is 5.69 Å². The highest BCUT2D eigenvalue weighted by atomic mass is 19.4. The van der Waals surface area contributed by atoms with Crippen molar-refractivity contribution in [3.63, 3.8) is 0 Å². The van der Waals surface area contributed by atoms with E-state index in [-0.39, 0.29) is 29.8 Å². The lowest BCUT2D eigenvalue weighted by atomic mass is 10.2. The molecular formula is C8H8F3N3O2. The van der Waals surface area contributed by atoms with Gasteiger partial charge in [0.05, 0.1) is 5.69 Å². The van der Waals surface area contributed by atoms with Crippen LogP contribution in [-0.4, -0.2) is 17.6 Å². The van der Waals surface area contributed by atoms with Gasteiger partial charge in [-0.15, -0.1) is 13.2 Å². The number of carbonyl (C=O) groups is 1. The molecule has 0 radical (unpaired) electrons. The number of aldehydes is 1. The monoisotopic (exact) mass is 235 g/mol. The highest BCUT2D eigenvalue weighted by Crippen LogP contribution is 2.27. The Bertz CT molecular complexity index is 406. The number of nitrogen functional groups attached to an aromatic ring is 1. The van der Waals surface area contributed by atoms with E-state index in [9.17, 15) is 18.0 Å². The molecule has 0 unspecified atom stereocenters. The van der Waals surface area contributed by atoms with Crippen LogP contribution < -0.4 is 16.2 Å². The van der Waals surface area contributed by atoms with Crippen molar-refractivity contribution in [1.29, 1.82) is 0 Å². The first-order chi connectivity index (χ1) is 7.37. The van der Waals surface area contributed by atoms with Gasteiger partial charge < -0.3 is 16.2 Å². The molecule has 0 saturated carbocycles. The Morgan fingerprint density at radius 3 is 2.56 bits per heavy atom. The Hall–Kier alpha value is -1.83. The molecule has 16 heavy (non-hydrogen) atoms. The summed E-state index contributed by atoms with van der Waals surface area (Å²) in [7, 11) is 0. The van der Waals surface area contributed by atoms with Crippen LogP contribution in [0, 0.1) is 0 Å². The zero-order valence-electron chi connectivity index (χ0n) is 7.91. The molecule has 1 heterocycles. The fraction of sp³-hybridized carbons (Fsp3) is 0.250. The van der Waals surface area contributed by atoms with Crippen LogP contribution in [0.3, 0.4) is 0 Å². The van der Waals surface area contributed by atoms with Crippen molar-refractivity contribution in [3.05, 3.63) is 17.3 Å². The topological polar surface area (TPSA) is 91.2 Å². The first kappa shape index (κ1) is 12.2. The second-order valence-corrected chi connectivity index (χ2v) is 2.80. The molecule has 1 aromatic rings. The van der Waals surface area contributed by atoms with Crippen LogP contribution in [0.2, 0.25) is 0 Å². The molecule has 0 fully saturated rings. The summed E-state index contributed by atoms with van der Waals surface area (Å²) in [6.45, 7) is -0.0580. The molecule has 1 rings (SSSR count). The number of hydrogen-bond donors (Lipinski definition) is 2. The number of aromatic nitrogens is 1. The van der Waals surface area contributed by atoms with Crippen molar-refractivity contribution in [2.24, 2.45) is 5.73 Å². The van der Waals surface area contributed by atoms with Crippen LogP contribution in [0.1, 0.15) is 16.1 Å². The van der Waals surface area contributed by atoms with Crippen LogP contribution in [0.15, 0.2) is 6.07 Å². The molecular weight excluding hydrogens is 227 g/mol. The first-order valence-corrected chi connectivity index (χ1v) is 4.07. The number of rotatable bonds is 3. The molecule has 5 nitrogen and oxygen atoms in total. The summed E-state index contributed by atoms with van der Waals surface area (Å²) in [4.78, 5) is 13.9. The highest BCUT2D eigenvalue weighted by Gasteiger charge is 2.33. The summed E-state index contributed by atoms with van der Waals surface area (Å²) in [5.74, 6) is -0.855. The minimum Gasteiger partial charge on any atom is -0.394 e. The van der Waals surface area contributed by atoms with E-state index in [1.807, 2.05) is 0 Å². The van der Waals surface area contributed by atoms with E-state index < -0.39 is 12.2 Å². The number of halogens is 3. The van der Waals surface area contributed by atoms with E-state index >= 15 is 0 Å². The maximum absolute atomic E-state index is 11.9. The lowest BCUT2D eigenvalue weighted by molar-refractivity contribution is -0.275. The molecule has 0 aliphatic rings. The normalized spacial score (nSPS) is 11.2. The molecule has 0 aliphatic heterocycles. The second kappa shape index (κ2) is 4.35. The minimum atomic E-state index is -4.91. The molecule has 0 aliphatic carbocycles. The number of ether oxygens (including phenoxy) is 1. The van der Waals surface area contributed by atoms with Gasteiger partial charge in [-0.2, -0.15) is 0 Å². The van der Waals surface area contributed by atoms with Gasteiger partial charge in [-0.25, -0.2) is 4.98 Å². The van der Waals surface area contributed by atoms with Gasteiger partial charge in [0.15, 0.2) is 6.29 Å². The summed E-state index contributed by atoms with van der Waals surface area (Å²) < 4.78 is 39.3. The summed E-state index contributed by atoms with van der Waals surface area (Å²) in [6, 6.07) is 1.12. The van der Waals surface area contributed by atoms with Gasteiger partial charge in [-0.3, -0.25) is 4.79 Å². The average Bonchev–Trinajstić information content (AvgIpc) is 2.18. The predicted molar refractivity (Wildman–Crippen MR) is 48.6 cm³/mol. The molecule has 0 saturated heterocycles. The maximum Gasteiger partial charge on any atom is 0.574 e. The zero-order chi connectivity index (χ0) is 12.3. The van der Waals surface area contributed by atoms with E-state index in [2.05, 4.69) is 9.72 Å². The van der Waals surface area contributed by atoms with Crippen LogP contribution in [0.5, 0.6) is 5.88 Å². The van der Waals surface area contributed by atoms with Crippen LogP contribution in [0.25, 0.3) is 0 Å². The van der Waals surface area contributed by atoms with Gasteiger partial charge in [0, 0.05) is 6.54 Å². The third-order valence-corrected chi connectivity index (χ3v) is 1.67. The van der Waals surface area contributed by atoms with Gasteiger partial charge in [0.25, 0.3) is 0 Å². The van der Waals surface area contributed by atoms with Crippen molar-refractivity contribution in [3.8, 4) is 5.88 Å². The molecule has 4 N–H and O–H groups in total. The van der Waals surface area contributed by atoms with Gasteiger partial charge in [0.2, 0.25) is 5.88 Å². The predicted octanol–water partition coefficient (Wildman–Crippen LogP) is 0.834. The third-order valence-electron chi connectivity index (χ3n) is 1.67. The molecule has 8 heteroatoms. The standard InChI is InChI=1S/C8H8F3N3O2/c9-8(10,11)16-7-5(13)1-4(2-12)6(3-15)14-7/h1,3H,2,12-13H2. The van der Waals surface area contributed by atoms with E-state index in [4.69, 9.17) is 11.5 Å². The smallest absolute Gasteiger partial charge is 0.394 e. The molecule has 0 spiro atoms. The number of carbonyl (C=O) groups excluding carboxylic acids is 1. The summed E-state index contributed by atoms with van der Waals surface area (Å²) in [5, 5.41) is 0. The molecule has 0 atom stereocenters. The van der Waals surface area contributed by atoms with E-state index in [0.29, 0.717) is 0 Å². The Morgan fingerprint density at radius 2 is 2.12 bits per heavy atom. The van der Waals surface area contributed by atoms with Crippen molar-refractivity contribution in [1.82, 2.24) is 4.98 Å². The lowest BCUT2D eigenvalue weighted by Gasteiger charge is -2.11. The van der Waals surface area contributed by atoms with Crippen LogP contribution in [-0.2, 0) is 6.54 Å². The number of alkyl halides is 3. The number of nitrogens with zero attached hydrogens (tertiary/aromatic N) is 1. The van der Waals surface area contributed by atoms with Crippen molar-refractivity contribution < 1.29 is 22.7 Å². The Balaban J connectivity index is 3.16. The molecule has 0 bridgehead atoms. The number of nitrogens with two attached hydrogens (primary N) is 2. The van der Waals surface area contributed by atoms with Gasteiger partial charge >= 0.3 is 6.36 Å². The van der Waals surface area contributed by atoms with Gasteiger partial charge in [-0.05, 0) is 11.6 Å². The first-order valence-electron chi connectivity index (χ1n) is 4.07. The van der Waals surface area contributed by atoms with Crippen molar-refractivity contribution in [2.45, 2.75) is 12.9 Å². The van der Waals surface area contributed by atoms with Crippen molar-refractivity contribution >= 4 is 12.0 Å². The molecule has 0 aromatic carbocycles. The Kier molecular flexibility index (Phi) is 3.33. The summed E-state index contributed by atoms with van der Waals surface area (Å²) in [5.41, 5.74) is 10.2. The summed E-state index contributed by atoms with van der Waals surface area (Å²) >= 11 is 0. The molecule has 1 aromatic heterocycles. The Morgan fingerprint density at radius 1 is 1.50 bits per heavy atom. The SMILES string of the molecule is NCc1cc(N)c(OC(F)(F)F)nc1C=O. The number of pyridine rings is 1. The fourth-order valence-electron chi connectivity index (χ4n) is 1.03. The molecule has 0 amide bonds. The largest absolute Gasteiger partial charge is 0.574 e. The molecule has 88 valence electrons.